The summed E-state index contributed by atoms with van der Waals surface area (Å²) in [6.45, 7) is 1.09. The van der Waals surface area contributed by atoms with E-state index in [0.717, 1.165) is 22.7 Å². The minimum atomic E-state index is 0.291. The summed E-state index contributed by atoms with van der Waals surface area (Å²) < 4.78 is 21.6. The van der Waals surface area contributed by atoms with Crippen molar-refractivity contribution in [2.24, 2.45) is 0 Å². The topological polar surface area (TPSA) is 104 Å². The molecule has 0 radical (unpaired) electrons. The average Bonchev–Trinajstić information content (AvgIpc) is 3.30. The van der Waals surface area contributed by atoms with E-state index in [1.165, 1.54) is 0 Å². The summed E-state index contributed by atoms with van der Waals surface area (Å²) in [4.78, 5) is 4.40. The van der Waals surface area contributed by atoms with Gasteiger partial charge in [0, 0.05) is 17.3 Å². The molecular weight excluding hydrogens is 386 g/mol. The Labute approximate surface area is 171 Å². The van der Waals surface area contributed by atoms with Crippen LogP contribution in [-0.2, 0) is 0 Å². The molecule has 5 rings (SSSR count). The predicted molar refractivity (Wildman–Crippen MR) is 108 cm³/mol. The van der Waals surface area contributed by atoms with Crippen molar-refractivity contribution < 1.29 is 18.7 Å². The van der Waals surface area contributed by atoms with Gasteiger partial charge in [0.25, 0.3) is 5.89 Å². The first kappa shape index (κ1) is 17.9. The van der Waals surface area contributed by atoms with E-state index in [-0.39, 0.29) is 0 Å². The maximum absolute atomic E-state index is 5.59. The van der Waals surface area contributed by atoms with Gasteiger partial charge in [0.15, 0.2) is 23.0 Å². The first-order chi connectivity index (χ1) is 14.8. The number of rotatable bonds is 5. The molecule has 2 aromatic carbocycles. The molecule has 0 saturated heterocycles. The molecule has 1 aliphatic rings. The van der Waals surface area contributed by atoms with Crippen molar-refractivity contribution in [1.82, 2.24) is 20.3 Å². The number of nitrogens with one attached hydrogen (secondary N) is 1. The number of fused-ring (bicyclic) bond motifs is 1. The molecule has 1 N–H and O–H groups in total. The number of aromatic nitrogens is 4. The van der Waals surface area contributed by atoms with Crippen LogP contribution in [0.1, 0.15) is 0 Å². The Balaban J connectivity index is 1.31. The van der Waals surface area contributed by atoms with Crippen molar-refractivity contribution in [2.75, 3.05) is 25.6 Å². The monoisotopic (exact) mass is 403 g/mol. The van der Waals surface area contributed by atoms with E-state index < -0.39 is 0 Å². The van der Waals surface area contributed by atoms with Gasteiger partial charge in [-0.15, -0.1) is 10.2 Å². The lowest BCUT2D eigenvalue weighted by atomic mass is 10.2. The van der Waals surface area contributed by atoms with Crippen LogP contribution in [0.25, 0.3) is 23.0 Å². The standard InChI is InChI=1S/C21H17N5O4/c1-27-15-5-2-13(3-6-15)20-23-21(30-26-20)16-7-9-19(25-24-16)22-14-4-8-17-18(12-14)29-11-10-28-17/h2-9,12H,10-11H2,1H3,(H,22,25). The molecule has 0 amide bonds. The third-order valence-electron chi connectivity index (χ3n) is 4.47. The van der Waals surface area contributed by atoms with E-state index in [9.17, 15) is 0 Å². The second kappa shape index (κ2) is 7.70. The summed E-state index contributed by atoms with van der Waals surface area (Å²) in [5, 5.41) is 15.6. The number of anilines is 2. The van der Waals surface area contributed by atoms with E-state index in [4.69, 9.17) is 18.7 Å². The second-order valence-corrected chi connectivity index (χ2v) is 6.44. The van der Waals surface area contributed by atoms with E-state index in [0.29, 0.717) is 42.2 Å². The van der Waals surface area contributed by atoms with Gasteiger partial charge in [-0.05, 0) is 48.5 Å². The first-order valence-corrected chi connectivity index (χ1v) is 9.27. The quantitative estimate of drug-likeness (QED) is 0.534. The molecule has 0 bridgehead atoms. The SMILES string of the molecule is COc1ccc(-c2noc(-c3ccc(Nc4ccc5c(c4)OCCO5)nn3)n2)cc1. The van der Waals surface area contributed by atoms with Crippen molar-refractivity contribution in [2.45, 2.75) is 0 Å². The molecule has 9 heteroatoms. The van der Waals surface area contributed by atoms with Crippen LogP contribution in [0.15, 0.2) is 59.1 Å². The number of benzene rings is 2. The Kier molecular flexibility index (Phi) is 4.60. The van der Waals surface area contributed by atoms with Gasteiger partial charge in [0.05, 0.1) is 7.11 Å². The maximum Gasteiger partial charge on any atom is 0.278 e. The van der Waals surface area contributed by atoms with Gasteiger partial charge in [-0.3, -0.25) is 0 Å². The summed E-state index contributed by atoms with van der Waals surface area (Å²) in [5.41, 5.74) is 2.12. The smallest absolute Gasteiger partial charge is 0.278 e. The molecule has 3 heterocycles. The van der Waals surface area contributed by atoms with Crippen molar-refractivity contribution in [1.29, 1.82) is 0 Å². The Bertz CT molecular complexity index is 1160. The van der Waals surface area contributed by atoms with Crippen molar-refractivity contribution in [3.05, 3.63) is 54.6 Å². The largest absolute Gasteiger partial charge is 0.497 e. The molecular formula is C21H17N5O4. The van der Waals surface area contributed by atoms with Gasteiger partial charge in [0.1, 0.15) is 19.0 Å². The van der Waals surface area contributed by atoms with Gasteiger partial charge in [-0.1, -0.05) is 5.16 Å². The highest BCUT2D eigenvalue weighted by molar-refractivity contribution is 5.63. The number of methoxy groups -OCH3 is 1. The van der Waals surface area contributed by atoms with E-state index in [1.807, 2.05) is 42.5 Å². The van der Waals surface area contributed by atoms with Crippen LogP contribution in [0.5, 0.6) is 17.2 Å². The summed E-state index contributed by atoms with van der Waals surface area (Å²) in [5.74, 6) is 3.52. The number of hydrogen-bond acceptors (Lipinski definition) is 9. The fourth-order valence-corrected chi connectivity index (χ4v) is 2.97. The predicted octanol–water partition coefficient (Wildman–Crippen LogP) is 3.72. The number of hydrogen-bond donors (Lipinski definition) is 1. The maximum atomic E-state index is 5.59. The molecule has 0 aliphatic carbocycles. The lowest BCUT2D eigenvalue weighted by Gasteiger charge is -2.19. The minimum Gasteiger partial charge on any atom is -0.497 e. The number of nitrogens with zero attached hydrogens (tertiary/aromatic N) is 4. The van der Waals surface area contributed by atoms with Crippen LogP contribution < -0.4 is 19.5 Å². The zero-order chi connectivity index (χ0) is 20.3. The molecule has 4 aromatic rings. The van der Waals surface area contributed by atoms with Crippen LogP contribution in [-0.4, -0.2) is 40.7 Å². The molecule has 0 unspecified atom stereocenters. The Morgan fingerprint density at radius 3 is 2.50 bits per heavy atom. The van der Waals surface area contributed by atoms with E-state index in [1.54, 1.807) is 19.2 Å². The van der Waals surface area contributed by atoms with E-state index in [2.05, 4.69) is 25.7 Å². The van der Waals surface area contributed by atoms with Gasteiger partial charge < -0.3 is 24.1 Å². The van der Waals surface area contributed by atoms with Gasteiger partial charge >= 0.3 is 0 Å². The molecule has 0 atom stereocenters. The highest BCUT2D eigenvalue weighted by atomic mass is 16.6. The minimum absolute atomic E-state index is 0.291. The first-order valence-electron chi connectivity index (χ1n) is 9.27. The van der Waals surface area contributed by atoms with Crippen LogP contribution in [0, 0.1) is 0 Å². The Morgan fingerprint density at radius 1 is 0.900 bits per heavy atom. The second-order valence-electron chi connectivity index (χ2n) is 6.44. The zero-order valence-corrected chi connectivity index (χ0v) is 16.0. The van der Waals surface area contributed by atoms with Crippen molar-refractivity contribution in [3.63, 3.8) is 0 Å². The molecule has 0 saturated carbocycles. The average molecular weight is 403 g/mol. The summed E-state index contributed by atoms with van der Waals surface area (Å²) >= 11 is 0. The van der Waals surface area contributed by atoms with Gasteiger partial charge in [0.2, 0.25) is 5.82 Å². The van der Waals surface area contributed by atoms with E-state index >= 15 is 0 Å². The third kappa shape index (κ3) is 3.60. The zero-order valence-electron chi connectivity index (χ0n) is 16.0. The fraction of sp³-hybridized carbons (Fsp3) is 0.143. The molecule has 9 nitrogen and oxygen atoms in total. The van der Waals surface area contributed by atoms with Crippen LogP contribution in [0.4, 0.5) is 11.5 Å². The van der Waals surface area contributed by atoms with Crippen LogP contribution >= 0.6 is 0 Å². The molecule has 2 aromatic heterocycles. The van der Waals surface area contributed by atoms with Crippen LogP contribution in [0.2, 0.25) is 0 Å². The summed E-state index contributed by atoms with van der Waals surface area (Å²) in [6, 6.07) is 16.6. The number of ether oxygens (including phenoxy) is 3. The molecule has 1 aliphatic heterocycles. The molecule has 150 valence electrons. The van der Waals surface area contributed by atoms with Gasteiger partial charge in [-0.2, -0.15) is 4.98 Å². The highest BCUT2D eigenvalue weighted by Gasteiger charge is 2.14. The van der Waals surface area contributed by atoms with Crippen molar-refractivity contribution in [3.8, 4) is 40.2 Å². The Hall–Kier alpha value is -4.14. The molecule has 30 heavy (non-hydrogen) atoms. The molecule has 0 fully saturated rings. The third-order valence-corrected chi connectivity index (χ3v) is 4.47. The van der Waals surface area contributed by atoms with Gasteiger partial charge in [-0.25, -0.2) is 0 Å². The van der Waals surface area contributed by atoms with Crippen molar-refractivity contribution >= 4 is 11.5 Å². The lowest BCUT2D eigenvalue weighted by Crippen LogP contribution is -2.15. The van der Waals surface area contributed by atoms with Crippen LogP contribution in [0.3, 0.4) is 0 Å². The summed E-state index contributed by atoms with van der Waals surface area (Å²) in [6.07, 6.45) is 0. The lowest BCUT2D eigenvalue weighted by molar-refractivity contribution is 0.171. The highest BCUT2D eigenvalue weighted by Crippen LogP contribution is 2.33. The fourth-order valence-electron chi connectivity index (χ4n) is 2.97. The molecule has 0 spiro atoms. The Morgan fingerprint density at radius 2 is 1.73 bits per heavy atom. The summed E-state index contributed by atoms with van der Waals surface area (Å²) in [7, 11) is 1.62. The normalized spacial score (nSPS) is 12.4.